The van der Waals surface area contributed by atoms with Crippen molar-refractivity contribution in [2.75, 3.05) is 5.73 Å². The van der Waals surface area contributed by atoms with Gasteiger partial charge in [0.2, 0.25) is 5.91 Å². The van der Waals surface area contributed by atoms with Gasteiger partial charge in [0.15, 0.2) is 0 Å². The minimum Gasteiger partial charge on any atom is -0.478 e. The Hall–Kier alpha value is -4.66. The number of amides is 1. The molecule has 0 radical (unpaired) electrons. The molecule has 0 unspecified atom stereocenters. The summed E-state index contributed by atoms with van der Waals surface area (Å²) >= 11 is 11.5. The molecule has 1 aromatic heterocycles. The van der Waals surface area contributed by atoms with E-state index >= 15 is 0 Å². The summed E-state index contributed by atoms with van der Waals surface area (Å²) < 4.78 is 1.69. The first-order valence-corrected chi connectivity index (χ1v) is 13.6. The fourth-order valence-corrected chi connectivity index (χ4v) is 4.16. The van der Waals surface area contributed by atoms with Crippen molar-refractivity contribution in [2.45, 2.75) is 26.9 Å². The summed E-state index contributed by atoms with van der Waals surface area (Å²) in [7, 11) is 0. The average Bonchev–Trinajstić information content (AvgIpc) is 2.95. The van der Waals surface area contributed by atoms with Crippen molar-refractivity contribution in [1.82, 2.24) is 14.9 Å². The second-order valence-corrected chi connectivity index (χ2v) is 10.0. The zero-order valence-electron chi connectivity index (χ0n) is 23.1. The number of carbonyl (C=O) groups is 2. The highest BCUT2D eigenvalue weighted by molar-refractivity contribution is 6.31. The highest BCUT2D eigenvalue weighted by Gasteiger charge is 2.09. The van der Waals surface area contributed by atoms with E-state index in [1.54, 1.807) is 22.8 Å². The van der Waals surface area contributed by atoms with Crippen molar-refractivity contribution >= 4 is 51.7 Å². The molecule has 0 aliphatic heterocycles. The average molecular weight is 606 g/mol. The van der Waals surface area contributed by atoms with Crippen LogP contribution in [0.5, 0.6) is 0 Å². The molecular weight excluding hydrogens is 575 g/mol. The number of carbonyl (C=O) groups excluding carboxylic acids is 1. The molecule has 5 aromatic rings. The molecule has 5 rings (SSSR count). The highest BCUT2D eigenvalue weighted by atomic mass is 35.5. The zero-order valence-corrected chi connectivity index (χ0v) is 24.6. The van der Waals surface area contributed by atoms with E-state index in [9.17, 15) is 14.4 Å². The summed E-state index contributed by atoms with van der Waals surface area (Å²) in [6.07, 6.45) is 0. The number of carboxylic acids is 1. The Morgan fingerprint density at radius 1 is 0.881 bits per heavy atom. The lowest BCUT2D eigenvalue weighted by atomic mass is 10.2. The molecule has 42 heavy (non-hydrogen) atoms. The van der Waals surface area contributed by atoms with Crippen LogP contribution in [0, 0.1) is 6.92 Å². The summed E-state index contributed by atoms with van der Waals surface area (Å²) in [6.45, 7) is 4.50. The van der Waals surface area contributed by atoms with E-state index in [1.807, 2.05) is 67.6 Å². The van der Waals surface area contributed by atoms with Crippen molar-refractivity contribution < 1.29 is 14.7 Å². The van der Waals surface area contributed by atoms with Gasteiger partial charge in [-0.25, -0.2) is 9.78 Å². The third-order valence-electron chi connectivity index (χ3n) is 5.92. The maximum absolute atomic E-state index is 12.5. The first-order chi connectivity index (χ1) is 20.0. The predicted octanol–water partition coefficient (Wildman–Crippen LogP) is 6.35. The van der Waals surface area contributed by atoms with Crippen LogP contribution in [-0.4, -0.2) is 26.5 Å². The minimum absolute atomic E-state index is 0.00820. The number of hydrogen-bond donors (Lipinski definition) is 3. The summed E-state index contributed by atoms with van der Waals surface area (Å²) in [5.41, 5.74) is 8.43. The number of carboxylic acid groups (broad SMARTS) is 1. The quantitative estimate of drug-likeness (QED) is 0.201. The number of nitrogens with one attached hydrogen (secondary N) is 1. The van der Waals surface area contributed by atoms with E-state index in [1.165, 1.54) is 25.1 Å². The first-order valence-electron chi connectivity index (χ1n) is 12.8. The van der Waals surface area contributed by atoms with Crippen molar-refractivity contribution in [3.05, 3.63) is 140 Å². The van der Waals surface area contributed by atoms with Crippen molar-refractivity contribution in [3.63, 3.8) is 0 Å². The number of aromatic nitrogens is 2. The number of anilines is 1. The number of aromatic carboxylic acids is 1. The summed E-state index contributed by atoms with van der Waals surface area (Å²) in [5, 5.41) is 12.9. The Labute approximate surface area is 253 Å². The fraction of sp³-hybridized carbons (Fsp3) is 0.125. The molecule has 0 fully saturated rings. The third-order valence-corrected chi connectivity index (χ3v) is 6.39. The monoisotopic (exact) mass is 604 g/mol. The number of aryl methyl sites for hydroxylation is 1. The van der Waals surface area contributed by atoms with E-state index in [2.05, 4.69) is 10.3 Å². The second-order valence-electron chi connectivity index (χ2n) is 9.13. The van der Waals surface area contributed by atoms with Gasteiger partial charge in [-0.15, -0.1) is 0 Å². The van der Waals surface area contributed by atoms with Gasteiger partial charge in [-0.1, -0.05) is 83.9 Å². The summed E-state index contributed by atoms with van der Waals surface area (Å²) in [5.74, 6) is -0.346. The smallest absolute Gasteiger partial charge is 0.337 e. The molecule has 4 N–H and O–H groups in total. The molecule has 0 aliphatic carbocycles. The first kappa shape index (κ1) is 31.9. The maximum atomic E-state index is 12.5. The van der Waals surface area contributed by atoms with Crippen LogP contribution in [0.25, 0.3) is 10.9 Å². The Morgan fingerprint density at radius 2 is 1.45 bits per heavy atom. The number of nitrogens with zero attached hydrogens (tertiary/aromatic N) is 2. The molecule has 10 heteroatoms. The Balaban J connectivity index is 0.000000188. The molecule has 0 saturated carbocycles. The largest absolute Gasteiger partial charge is 0.478 e. The Morgan fingerprint density at radius 3 is 2.02 bits per heavy atom. The molecule has 0 aliphatic rings. The van der Waals surface area contributed by atoms with Crippen molar-refractivity contribution in [1.29, 1.82) is 0 Å². The van der Waals surface area contributed by atoms with Gasteiger partial charge in [-0.2, -0.15) is 0 Å². The van der Waals surface area contributed by atoms with Crippen LogP contribution in [0.15, 0.2) is 102 Å². The number of fused-ring (bicyclic) bond motifs is 1. The molecule has 0 bridgehead atoms. The topological polar surface area (TPSA) is 127 Å². The van der Waals surface area contributed by atoms with Gasteiger partial charge in [0, 0.05) is 29.2 Å². The fourth-order valence-electron chi connectivity index (χ4n) is 3.81. The molecule has 1 heterocycles. The lowest BCUT2D eigenvalue weighted by Gasteiger charge is -2.11. The van der Waals surface area contributed by atoms with Crippen LogP contribution >= 0.6 is 23.2 Å². The SMILES string of the molecule is CC(=O)NCc1ccccc1.Cc1nc2cc(Cl)ccc2c(=O)n1Cc1ccccc1.Nc1cc(Cl)ccc1C(=O)O. The Kier molecular flexibility index (Phi) is 11.7. The summed E-state index contributed by atoms with van der Waals surface area (Å²) in [6, 6.07) is 29.1. The Bertz CT molecular complexity index is 1730. The van der Waals surface area contributed by atoms with E-state index in [0.29, 0.717) is 39.9 Å². The van der Waals surface area contributed by atoms with Crippen LogP contribution in [0.1, 0.15) is 34.2 Å². The number of rotatable bonds is 5. The van der Waals surface area contributed by atoms with Gasteiger partial charge in [0.1, 0.15) is 5.82 Å². The minimum atomic E-state index is -1.04. The molecule has 0 spiro atoms. The summed E-state index contributed by atoms with van der Waals surface area (Å²) in [4.78, 5) is 37.9. The van der Waals surface area contributed by atoms with Gasteiger partial charge < -0.3 is 16.2 Å². The van der Waals surface area contributed by atoms with Crippen molar-refractivity contribution in [3.8, 4) is 0 Å². The highest BCUT2D eigenvalue weighted by Crippen LogP contribution is 2.18. The molecule has 0 saturated heterocycles. The number of nitrogen functional groups attached to an aromatic ring is 1. The molecule has 8 nitrogen and oxygen atoms in total. The van der Waals surface area contributed by atoms with Crippen molar-refractivity contribution in [2.24, 2.45) is 0 Å². The van der Waals surface area contributed by atoms with Crippen LogP contribution in [-0.2, 0) is 17.9 Å². The van der Waals surface area contributed by atoms with E-state index in [4.69, 9.17) is 34.0 Å². The molecular formula is C32H30Cl2N4O4. The van der Waals surface area contributed by atoms with Crippen LogP contribution in [0.2, 0.25) is 10.0 Å². The second kappa shape index (κ2) is 15.4. The van der Waals surface area contributed by atoms with Crippen LogP contribution in [0.4, 0.5) is 5.69 Å². The van der Waals surface area contributed by atoms with E-state index in [0.717, 1.165) is 11.1 Å². The normalized spacial score (nSPS) is 10.1. The number of hydrogen-bond acceptors (Lipinski definition) is 5. The lowest BCUT2D eigenvalue weighted by Crippen LogP contribution is -2.24. The third kappa shape index (κ3) is 9.47. The maximum Gasteiger partial charge on any atom is 0.337 e. The number of benzene rings is 4. The van der Waals surface area contributed by atoms with Crippen LogP contribution < -0.4 is 16.6 Å². The zero-order chi connectivity index (χ0) is 30.6. The van der Waals surface area contributed by atoms with Gasteiger partial charge in [-0.3, -0.25) is 14.2 Å². The number of halogens is 2. The van der Waals surface area contributed by atoms with Gasteiger partial charge in [0.25, 0.3) is 5.56 Å². The van der Waals surface area contributed by atoms with Crippen LogP contribution in [0.3, 0.4) is 0 Å². The van der Waals surface area contributed by atoms with Gasteiger partial charge in [-0.05, 0) is 54.4 Å². The molecule has 0 atom stereocenters. The van der Waals surface area contributed by atoms with E-state index in [-0.39, 0.29) is 22.7 Å². The van der Waals surface area contributed by atoms with Gasteiger partial charge >= 0.3 is 5.97 Å². The lowest BCUT2D eigenvalue weighted by molar-refractivity contribution is -0.119. The predicted molar refractivity (Wildman–Crippen MR) is 168 cm³/mol. The van der Waals surface area contributed by atoms with Gasteiger partial charge in [0.05, 0.1) is 23.0 Å². The standard InChI is InChI=1S/C16H13ClN2O.C9H11NO.C7H6ClNO2/c1-11-18-15-9-13(17)7-8-14(15)16(20)19(11)10-12-5-3-2-4-6-12;1-8(11)10-7-9-5-3-2-4-6-9;8-4-1-2-5(7(10)11)6(9)3-4/h2-9H,10H2,1H3;2-6H,7H2,1H3,(H,10,11);1-3H,9H2,(H,10,11). The molecule has 1 amide bonds. The molecule has 4 aromatic carbocycles. The molecule has 216 valence electrons. The number of nitrogens with two attached hydrogens (primary N) is 1. The van der Waals surface area contributed by atoms with E-state index < -0.39 is 5.97 Å².